The molecule has 1 fully saturated rings. The van der Waals surface area contributed by atoms with Gasteiger partial charge in [0.05, 0.1) is 0 Å². The Labute approximate surface area is 194 Å². The van der Waals surface area contributed by atoms with E-state index in [-0.39, 0.29) is 11.3 Å². The van der Waals surface area contributed by atoms with Gasteiger partial charge in [0.25, 0.3) is 5.91 Å². The third kappa shape index (κ3) is 3.09. The topological polar surface area (TPSA) is 34.5 Å². The van der Waals surface area contributed by atoms with Crippen LogP contribution in [-0.2, 0) is 16.1 Å². The minimum atomic E-state index is -0.541. The number of amides is 1. The molecule has 3 heterocycles. The lowest BCUT2D eigenvalue weighted by Crippen LogP contribution is -2.72. The lowest BCUT2D eigenvalue weighted by atomic mass is 9.87. The Kier molecular flexibility index (Phi) is 4.93. The number of ether oxygens (including phenoxy) is 1. The van der Waals surface area contributed by atoms with E-state index in [4.69, 9.17) is 4.74 Å². The van der Waals surface area contributed by atoms with Crippen LogP contribution in [0, 0.1) is 19.3 Å². The number of hydrogen-bond donors (Lipinski definition) is 0. The average Bonchev–Trinajstić information content (AvgIpc) is 3.05. The van der Waals surface area contributed by atoms with E-state index < -0.39 is 11.0 Å². The first-order valence-electron chi connectivity index (χ1n) is 11.1. The van der Waals surface area contributed by atoms with Gasteiger partial charge in [-0.3, -0.25) is 4.79 Å². The van der Waals surface area contributed by atoms with Gasteiger partial charge < -0.3 is 14.2 Å². The Bertz CT molecular complexity index is 1170. The Morgan fingerprint density at radius 2 is 1.72 bits per heavy atom. The van der Waals surface area contributed by atoms with Gasteiger partial charge in [-0.1, -0.05) is 49.7 Å². The summed E-state index contributed by atoms with van der Waals surface area (Å²) in [6.07, 6.45) is 2.45. The smallest absolute Gasteiger partial charge is 0.269 e. The molecule has 0 saturated carbocycles. The summed E-state index contributed by atoms with van der Waals surface area (Å²) >= 11 is 1.72. The Hall–Kier alpha value is -2.66. The van der Waals surface area contributed by atoms with Crippen LogP contribution in [0.2, 0.25) is 0 Å². The SMILES string of the molecule is CS[C@@]12c3cc(C)n(-c4ccc(C)cc4)c3CC(C)(C)CN1C(=O)[C@H]2Oc1ccccc1. The average molecular weight is 447 g/mol. The van der Waals surface area contributed by atoms with E-state index in [0.717, 1.165) is 12.2 Å². The third-order valence-corrected chi connectivity index (χ3v) is 8.03. The van der Waals surface area contributed by atoms with E-state index >= 15 is 0 Å². The molecule has 1 aromatic heterocycles. The Morgan fingerprint density at radius 3 is 2.38 bits per heavy atom. The maximum Gasteiger partial charge on any atom is 0.269 e. The molecule has 1 saturated heterocycles. The fourth-order valence-electron chi connectivity index (χ4n) is 5.29. The van der Waals surface area contributed by atoms with Crippen LogP contribution >= 0.6 is 11.8 Å². The highest BCUT2D eigenvalue weighted by molar-refractivity contribution is 7.99. The minimum Gasteiger partial charge on any atom is -0.477 e. The van der Waals surface area contributed by atoms with E-state index in [9.17, 15) is 4.79 Å². The van der Waals surface area contributed by atoms with Crippen LogP contribution in [0.15, 0.2) is 60.7 Å². The van der Waals surface area contributed by atoms with Gasteiger partial charge in [0.2, 0.25) is 6.10 Å². The summed E-state index contributed by atoms with van der Waals surface area (Å²) in [5.41, 5.74) is 6.03. The van der Waals surface area contributed by atoms with Crippen molar-refractivity contribution in [2.45, 2.75) is 45.1 Å². The van der Waals surface area contributed by atoms with Gasteiger partial charge in [0.1, 0.15) is 5.75 Å². The molecule has 2 aromatic carbocycles. The molecule has 5 rings (SSSR count). The summed E-state index contributed by atoms with van der Waals surface area (Å²) in [6, 6.07) is 20.7. The highest BCUT2D eigenvalue weighted by atomic mass is 32.2. The molecule has 2 aliphatic heterocycles. The van der Waals surface area contributed by atoms with Crippen molar-refractivity contribution in [1.82, 2.24) is 9.47 Å². The van der Waals surface area contributed by atoms with Crippen molar-refractivity contribution in [1.29, 1.82) is 0 Å². The van der Waals surface area contributed by atoms with E-state index in [1.165, 1.54) is 28.2 Å². The van der Waals surface area contributed by atoms with Crippen molar-refractivity contribution in [2.24, 2.45) is 5.41 Å². The molecule has 0 unspecified atom stereocenters. The van der Waals surface area contributed by atoms with Crippen LogP contribution in [0.25, 0.3) is 5.69 Å². The zero-order valence-corrected chi connectivity index (χ0v) is 20.2. The standard InChI is InChI=1S/C27H30N2O2S/c1-18-11-13-20(14-12-18)29-19(2)15-22-23(29)16-26(3,4)17-28-25(30)24(27(22,28)32-5)31-21-9-7-6-8-10-21/h6-15,24H,16-17H2,1-5H3/t24-,27-/m1/s1. The number of fused-ring (bicyclic) bond motifs is 3. The molecular weight excluding hydrogens is 416 g/mol. The van der Waals surface area contributed by atoms with Crippen molar-refractivity contribution in [3.05, 3.63) is 83.2 Å². The monoisotopic (exact) mass is 446 g/mol. The molecule has 3 aromatic rings. The summed E-state index contributed by atoms with van der Waals surface area (Å²) in [7, 11) is 0. The lowest BCUT2D eigenvalue weighted by molar-refractivity contribution is -0.171. The van der Waals surface area contributed by atoms with Crippen LogP contribution < -0.4 is 4.74 Å². The van der Waals surface area contributed by atoms with Gasteiger partial charge in [-0.15, -0.1) is 11.8 Å². The van der Waals surface area contributed by atoms with Gasteiger partial charge in [0, 0.05) is 29.2 Å². The van der Waals surface area contributed by atoms with Crippen LogP contribution in [0.5, 0.6) is 5.75 Å². The van der Waals surface area contributed by atoms with E-state index in [2.05, 4.69) is 73.7 Å². The predicted octanol–water partition coefficient (Wildman–Crippen LogP) is 5.48. The quantitative estimate of drug-likeness (QED) is 0.498. The van der Waals surface area contributed by atoms with Crippen molar-refractivity contribution < 1.29 is 9.53 Å². The second kappa shape index (κ2) is 7.45. The van der Waals surface area contributed by atoms with Crippen LogP contribution in [-0.4, -0.2) is 34.3 Å². The lowest BCUT2D eigenvalue weighted by Gasteiger charge is -2.56. The van der Waals surface area contributed by atoms with Crippen molar-refractivity contribution in [2.75, 3.05) is 12.8 Å². The fourth-order valence-corrected chi connectivity index (χ4v) is 6.42. The number of nitrogens with zero attached hydrogens (tertiary/aromatic N) is 2. The molecule has 2 atom stereocenters. The predicted molar refractivity (Wildman–Crippen MR) is 130 cm³/mol. The second-order valence-corrected chi connectivity index (χ2v) is 10.8. The molecule has 5 heteroatoms. The molecule has 0 radical (unpaired) electrons. The van der Waals surface area contributed by atoms with Gasteiger partial charge in [-0.05, 0) is 62.3 Å². The number of carbonyl (C=O) groups is 1. The second-order valence-electron chi connectivity index (χ2n) is 9.79. The maximum absolute atomic E-state index is 13.4. The number of aromatic nitrogens is 1. The summed E-state index contributed by atoms with van der Waals surface area (Å²) in [6.45, 7) is 9.50. The molecule has 1 amide bonds. The van der Waals surface area contributed by atoms with Crippen molar-refractivity contribution in [3.8, 4) is 11.4 Å². The molecular formula is C27H30N2O2S. The largest absolute Gasteiger partial charge is 0.477 e. The van der Waals surface area contributed by atoms with Crippen LogP contribution in [0.4, 0.5) is 0 Å². The Morgan fingerprint density at radius 1 is 1.03 bits per heavy atom. The number of thioether (sulfide) groups is 1. The molecule has 0 aliphatic carbocycles. The highest BCUT2D eigenvalue weighted by Gasteiger charge is 2.66. The van der Waals surface area contributed by atoms with E-state index in [1.54, 1.807) is 11.8 Å². The molecule has 0 N–H and O–H groups in total. The number of benzene rings is 2. The summed E-state index contributed by atoms with van der Waals surface area (Å²) < 4.78 is 8.73. The number of rotatable bonds is 4. The van der Waals surface area contributed by atoms with Crippen molar-refractivity contribution in [3.63, 3.8) is 0 Å². The van der Waals surface area contributed by atoms with Crippen LogP contribution in [0.3, 0.4) is 0 Å². The van der Waals surface area contributed by atoms with E-state index in [0.29, 0.717) is 6.54 Å². The van der Waals surface area contributed by atoms with Gasteiger partial charge in [-0.25, -0.2) is 0 Å². The number of hydrogen-bond acceptors (Lipinski definition) is 3. The first-order chi connectivity index (χ1) is 15.3. The van der Waals surface area contributed by atoms with Crippen LogP contribution in [0.1, 0.15) is 36.4 Å². The first kappa shape index (κ1) is 21.2. The van der Waals surface area contributed by atoms with Gasteiger partial charge in [0.15, 0.2) is 4.87 Å². The summed E-state index contributed by atoms with van der Waals surface area (Å²) in [5.74, 6) is 0.809. The van der Waals surface area contributed by atoms with E-state index in [1.807, 2.05) is 30.3 Å². The van der Waals surface area contributed by atoms with Crippen molar-refractivity contribution >= 4 is 17.7 Å². The third-order valence-electron chi connectivity index (χ3n) is 6.75. The molecule has 0 bridgehead atoms. The van der Waals surface area contributed by atoms with Gasteiger partial charge in [-0.2, -0.15) is 0 Å². The zero-order chi connectivity index (χ0) is 22.7. The summed E-state index contributed by atoms with van der Waals surface area (Å²) in [5, 5.41) is 0. The number of β-lactam (4-membered cyclic amide) rings is 1. The van der Waals surface area contributed by atoms with Gasteiger partial charge >= 0.3 is 0 Å². The number of aryl methyl sites for hydroxylation is 2. The summed E-state index contributed by atoms with van der Waals surface area (Å²) in [4.78, 5) is 14.9. The molecule has 32 heavy (non-hydrogen) atoms. The number of carbonyl (C=O) groups excluding carboxylic acids is 1. The minimum absolute atomic E-state index is 0.0488. The normalized spacial score (nSPS) is 23.7. The Balaban J connectivity index is 1.69. The molecule has 4 nitrogen and oxygen atoms in total. The number of para-hydroxylation sites is 1. The zero-order valence-electron chi connectivity index (χ0n) is 19.4. The molecule has 2 aliphatic rings. The fraction of sp³-hybridized carbons (Fsp3) is 0.370. The molecule has 0 spiro atoms. The first-order valence-corrected chi connectivity index (χ1v) is 12.4. The maximum atomic E-state index is 13.4. The highest BCUT2D eigenvalue weighted by Crippen LogP contribution is 2.56. The molecule has 166 valence electrons.